The number of hydrogen-bond acceptors (Lipinski definition) is 3. The molecule has 0 atom stereocenters. The molecule has 1 aromatic rings. The topological polar surface area (TPSA) is 56.4 Å². The van der Waals surface area contributed by atoms with E-state index < -0.39 is 0 Å². The largest absolute Gasteiger partial charge is 0.384 e. The Labute approximate surface area is 113 Å². The molecule has 1 fully saturated rings. The molecule has 0 unspecified atom stereocenters. The minimum Gasteiger partial charge on any atom is -0.384 e. The Bertz CT molecular complexity index is 455. The van der Waals surface area contributed by atoms with E-state index in [-0.39, 0.29) is 11.7 Å². The second-order valence-corrected chi connectivity index (χ2v) is 5.05. The number of likely N-dealkylation sites (tertiary alicyclic amines) is 1. The Kier molecular flexibility index (Phi) is 4.37. The number of amidine groups is 1. The second kappa shape index (κ2) is 6.02. The number of anilines is 1. The molecule has 4 nitrogen and oxygen atoms in total. The zero-order valence-corrected chi connectivity index (χ0v) is 11.3. The first-order valence-corrected chi connectivity index (χ1v) is 6.65. The minimum absolute atomic E-state index is 0.106. The zero-order valence-electron chi connectivity index (χ0n) is 11.3. The van der Waals surface area contributed by atoms with E-state index in [1.165, 1.54) is 18.9 Å². The van der Waals surface area contributed by atoms with Crippen molar-refractivity contribution in [1.29, 1.82) is 5.41 Å². The smallest absolute Gasteiger partial charge is 0.147 e. The summed E-state index contributed by atoms with van der Waals surface area (Å²) in [6, 6.07) is 4.70. The van der Waals surface area contributed by atoms with Gasteiger partial charge in [0, 0.05) is 25.7 Å². The second-order valence-electron chi connectivity index (χ2n) is 5.05. The van der Waals surface area contributed by atoms with Crippen LogP contribution in [0.15, 0.2) is 18.2 Å². The molecule has 0 radical (unpaired) electrons. The number of nitrogen functional groups attached to an aromatic ring is 1. The van der Waals surface area contributed by atoms with Gasteiger partial charge in [0.05, 0.1) is 5.69 Å². The minimum atomic E-state index is -0.323. The standard InChI is InChI=1S/C14H21FN4/c1-18(8-9-19-6-2-3-7-19)13-5-4-11(14(16)17)10-12(13)15/h4-5,10H,2-3,6-9H2,1H3,(H3,16,17). The van der Waals surface area contributed by atoms with E-state index in [2.05, 4.69) is 4.90 Å². The molecule has 0 amide bonds. The number of halogens is 1. The molecule has 0 spiro atoms. The van der Waals surface area contributed by atoms with Gasteiger partial charge in [-0.3, -0.25) is 5.41 Å². The summed E-state index contributed by atoms with van der Waals surface area (Å²) in [5, 5.41) is 7.29. The van der Waals surface area contributed by atoms with E-state index in [0.29, 0.717) is 11.3 Å². The predicted octanol–water partition coefficient (Wildman–Crippen LogP) is 1.64. The van der Waals surface area contributed by atoms with Gasteiger partial charge >= 0.3 is 0 Å². The summed E-state index contributed by atoms with van der Waals surface area (Å²) >= 11 is 0. The maximum Gasteiger partial charge on any atom is 0.147 e. The fraction of sp³-hybridized carbons (Fsp3) is 0.500. The van der Waals surface area contributed by atoms with Crippen LogP contribution in [-0.4, -0.2) is 44.0 Å². The van der Waals surface area contributed by atoms with Gasteiger partial charge in [-0.05, 0) is 44.1 Å². The van der Waals surface area contributed by atoms with E-state index in [9.17, 15) is 4.39 Å². The van der Waals surface area contributed by atoms with Crippen LogP contribution in [0.5, 0.6) is 0 Å². The van der Waals surface area contributed by atoms with Crippen LogP contribution >= 0.6 is 0 Å². The van der Waals surface area contributed by atoms with Gasteiger partial charge in [-0.15, -0.1) is 0 Å². The molecule has 0 bridgehead atoms. The fourth-order valence-corrected chi connectivity index (χ4v) is 2.40. The van der Waals surface area contributed by atoms with Gasteiger partial charge < -0.3 is 15.5 Å². The Balaban J connectivity index is 1.98. The summed E-state index contributed by atoms with van der Waals surface area (Å²) < 4.78 is 14.0. The van der Waals surface area contributed by atoms with Crippen LogP contribution in [-0.2, 0) is 0 Å². The molecular weight excluding hydrogens is 243 g/mol. The van der Waals surface area contributed by atoms with Gasteiger partial charge in [0.2, 0.25) is 0 Å². The lowest BCUT2D eigenvalue weighted by atomic mass is 10.1. The lowest BCUT2D eigenvalue weighted by molar-refractivity contribution is 0.346. The Morgan fingerprint density at radius 2 is 2.11 bits per heavy atom. The third-order valence-corrected chi connectivity index (χ3v) is 3.62. The van der Waals surface area contributed by atoms with Gasteiger partial charge in [0.1, 0.15) is 11.7 Å². The number of nitrogens with two attached hydrogens (primary N) is 1. The van der Waals surface area contributed by atoms with Crippen molar-refractivity contribution in [3.8, 4) is 0 Å². The van der Waals surface area contributed by atoms with Crippen LogP contribution in [0.2, 0.25) is 0 Å². The van der Waals surface area contributed by atoms with E-state index >= 15 is 0 Å². The van der Waals surface area contributed by atoms with Crippen molar-refractivity contribution >= 4 is 11.5 Å². The average molecular weight is 264 g/mol. The molecule has 1 aliphatic heterocycles. The van der Waals surface area contributed by atoms with Crippen molar-refractivity contribution in [3.63, 3.8) is 0 Å². The molecule has 1 aromatic carbocycles. The van der Waals surface area contributed by atoms with Crippen LogP contribution in [0.4, 0.5) is 10.1 Å². The van der Waals surface area contributed by atoms with Crippen LogP contribution in [0, 0.1) is 11.2 Å². The van der Waals surface area contributed by atoms with E-state index in [0.717, 1.165) is 26.2 Å². The molecule has 1 aliphatic rings. The molecule has 104 valence electrons. The third-order valence-electron chi connectivity index (χ3n) is 3.62. The van der Waals surface area contributed by atoms with Crippen LogP contribution in [0.25, 0.3) is 0 Å². The van der Waals surface area contributed by atoms with Crippen molar-refractivity contribution in [2.24, 2.45) is 5.73 Å². The summed E-state index contributed by atoms with van der Waals surface area (Å²) in [5.74, 6) is -0.429. The monoisotopic (exact) mass is 264 g/mol. The third kappa shape index (κ3) is 3.44. The lowest BCUT2D eigenvalue weighted by Gasteiger charge is -2.23. The molecule has 2 rings (SSSR count). The number of rotatable bonds is 5. The van der Waals surface area contributed by atoms with Gasteiger partial charge in [-0.2, -0.15) is 0 Å². The van der Waals surface area contributed by atoms with E-state index in [1.807, 2.05) is 11.9 Å². The summed E-state index contributed by atoms with van der Waals surface area (Å²) in [4.78, 5) is 4.32. The quantitative estimate of drug-likeness (QED) is 0.628. The molecule has 0 aliphatic carbocycles. The number of benzene rings is 1. The van der Waals surface area contributed by atoms with Crippen molar-refractivity contribution < 1.29 is 4.39 Å². The fourth-order valence-electron chi connectivity index (χ4n) is 2.40. The summed E-state index contributed by atoms with van der Waals surface area (Å²) in [7, 11) is 1.89. The first kappa shape index (κ1) is 13.8. The van der Waals surface area contributed by atoms with Crippen LogP contribution in [0.1, 0.15) is 18.4 Å². The zero-order chi connectivity index (χ0) is 13.8. The maximum atomic E-state index is 14.0. The molecule has 0 aromatic heterocycles. The van der Waals surface area contributed by atoms with E-state index in [1.54, 1.807) is 12.1 Å². The highest BCUT2D eigenvalue weighted by Crippen LogP contribution is 2.19. The lowest BCUT2D eigenvalue weighted by Crippen LogP contribution is -2.31. The van der Waals surface area contributed by atoms with Crippen molar-refractivity contribution in [2.75, 3.05) is 38.1 Å². The SMILES string of the molecule is CN(CCN1CCCC1)c1ccc(C(=N)N)cc1F. The normalized spacial score (nSPS) is 15.7. The molecule has 5 heteroatoms. The highest BCUT2D eigenvalue weighted by atomic mass is 19.1. The average Bonchev–Trinajstić information content (AvgIpc) is 2.88. The van der Waals surface area contributed by atoms with Crippen molar-refractivity contribution in [3.05, 3.63) is 29.6 Å². The predicted molar refractivity (Wildman–Crippen MR) is 76.4 cm³/mol. The number of nitrogens with one attached hydrogen (secondary N) is 1. The van der Waals surface area contributed by atoms with Gasteiger partial charge in [0.25, 0.3) is 0 Å². The highest BCUT2D eigenvalue weighted by Gasteiger charge is 2.14. The molecule has 19 heavy (non-hydrogen) atoms. The maximum absolute atomic E-state index is 14.0. The molecule has 1 heterocycles. The first-order valence-electron chi connectivity index (χ1n) is 6.65. The first-order chi connectivity index (χ1) is 9.08. The Morgan fingerprint density at radius 1 is 1.42 bits per heavy atom. The number of nitrogens with zero attached hydrogens (tertiary/aromatic N) is 2. The van der Waals surface area contributed by atoms with Crippen LogP contribution in [0.3, 0.4) is 0 Å². The summed E-state index contributed by atoms with van der Waals surface area (Å²) in [6.07, 6.45) is 2.54. The summed E-state index contributed by atoms with van der Waals surface area (Å²) in [5.41, 5.74) is 6.33. The van der Waals surface area contributed by atoms with Gasteiger partial charge in [-0.1, -0.05) is 0 Å². The molecular formula is C14H21FN4. The van der Waals surface area contributed by atoms with Crippen molar-refractivity contribution in [1.82, 2.24) is 4.90 Å². The highest BCUT2D eigenvalue weighted by molar-refractivity contribution is 5.95. The van der Waals surface area contributed by atoms with Gasteiger partial charge in [-0.25, -0.2) is 4.39 Å². The number of hydrogen-bond donors (Lipinski definition) is 2. The molecule has 0 saturated carbocycles. The number of likely N-dealkylation sites (N-methyl/N-ethyl adjacent to an activating group) is 1. The Hall–Kier alpha value is -1.62. The molecule has 1 saturated heterocycles. The Morgan fingerprint density at radius 3 is 2.68 bits per heavy atom. The van der Waals surface area contributed by atoms with Crippen molar-refractivity contribution in [2.45, 2.75) is 12.8 Å². The van der Waals surface area contributed by atoms with E-state index in [4.69, 9.17) is 11.1 Å². The van der Waals surface area contributed by atoms with Crippen LogP contribution < -0.4 is 10.6 Å². The van der Waals surface area contributed by atoms with Gasteiger partial charge in [0.15, 0.2) is 0 Å². The molecule has 3 N–H and O–H groups in total. The summed E-state index contributed by atoms with van der Waals surface area (Å²) in [6.45, 7) is 4.07.